The van der Waals surface area contributed by atoms with Crippen LogP contribution in [0.4, 0.5) is 0 Å². The third-order valence-corrected chi connectivity index (χ3v) is 3.54. The fourth-order valence-corrected chi connectivity index (χ4v) is 2.44. The lowest BCUT2D eigenvalue weighted by Crippen LogP contribution is -2.54. The summed E-state index contributed by atoms with van der Waals surface area (Å²) in [6.07, 6.45) is 2.62. The molecular formula is C12H23N3O2. The van der Waals surface area contributed by atoms with Crippen molar-refractivity contribution in [2.24, 2.45) is 5.73 Å². The first-order chi connectivity index (χ1) is 7.97. The molecule has 2 heterocycles. The van der Waals surface area contributed by atoms with Gasteiger partial charge in [0.05, 0.1) is 18.2 Å². The molecule has 2 aliphatic rings. The maximum atomic E-state index is 11.6. The van der Waals surface area contributed by atoms with E-state index in [1.807, 2.05) is 0 Å². The van der Waals surface area contributed by atoms with Crippen LogP contribution in [0, 0.1) is 0 Å². The molecule has 0 bridgehead atoms. The number of amides is 1. The van der Waals surface area contributed by atoms with Crippen LogP contribution in [-0.4, -0.2) is 54.7 Å². The normalized spacial score (nSPS) is 30.1. The standard InChI is InChI=1S/C12H23N3O2/c1-12(2,13)11(16)14-6-10-7-15-5-3-4-9(15)8-17-10/h9-10H,3-8,13H2,1-2H3,(H,14,16). The maximum Gasteiger partial charge on any atom is 0.239 e. The Hall–Kier alpha value is -0.650. The van der Waals surface area contributed by atoms with E-state index < -0.39 is 5.54 Å². The Kier molecular flexibility index (Phi) is 3.70. The zero-order chi connectivity index (χ0) is 12.5. The van der Waals surface area contributed by atoms with Crippen molar-refractivity contribution < 1.29 is 9.53 Å². The van der Waals surface area contributed by atoms with E-state index in [1.165, 1.54) is 19.4 Å². The van der Waals surface area contributed by atoms with Gasteiger partial charge in [-0.05, 0) is 33.2 Å². The predicted molar refractivity (Wildman–Crippen MR) is 65.6 cm³/mol. The summed E-state index contributed by atoms with van der Waals surface area (Å²) in [4.78, 5) is 14.1. The van der Waals surface area contributed by atoms with Gasteiger partial charge in [0.25, 0.3) is 0 Å². The van der Waals surface area contributed by atoms with Gasteiger partial charge >= 0.3 is 0 Å². The number of hydrogen-bond acceptors (Lipinski definition) is 4. The Bertz CT molecular complexity index is 288. The van der Waals surface area contributed by atoms with E-state index in [1.54, 1.807) is 13.8 Å². The monoisotopic (exact) mass is 241 g/mol. The summed E-state index contributed by atoms with van der Waals surface area (Å²) < 4.78 is 5.76. The van der Waals surface area contributed by atoms with Gasteiger partial charge in [-0.1, -0.05) is 0 Å². The summed E-state index contributed by atoms with van der Waals surface area (Å²) in [7, 11) is 0. The highest BCUT2D eigenvalue weighted by molar-refractivity contribution is 5.85. The molecule has 0 spiro atoms. The first kappa shape index (κ1) is 12.8. The van der Waals surface area contributed by atoms with Crippen molar-refractivity contribution in [3.63, 3.8) is 0 Å². The third-order valence-electron chi connectivity index (χ3n) is 3.54. The molecule has 0 aromatic rings. The number of nitrogens with two attached hydrogens (primary N) is 1. The van der Waals surface area contributed by atoms with Crippen LogP contribution in [0.25, 0.3) is 0 Å². The Balaban J connectivity index is 1.75. The van der Waals surface area contributed by atoms with E-state index in [0.717, 1.165) is 13.2 Å². The quantitative estimate of drug-likeness (QED) is 0.712. The first-order valence-corrected chi connectivity index (χ1v) is 6.39. The van der Waals surface area contributed by atoms with E-state index in [2.05, 4.69) is 10.2 Å². The molecular weight excluding hydrogens is 218 g/mol. The van der Waals surface area contributed by atoms with Crippen LogP contribution in [0.1, 0.15) is 26.7 Å². The maximum absolute atomic E-state index is 11.6. The molecule has 5 heteroatoms. The van der Waals surface area contributed by atoms with Crippen LogP contribution in [0.5, 0.6) is 0 Å². The average molecular weight is 241 g/mol. The minimum Gasteiger partial charge on any atom is -0.373 e. The topological polar surface area (TPSA) is 67.6 Å². The summed E-state index contributed by atoms with van der Waals surface area (Å²) in [5.41, 5.74) is 4.90. The van der Waals surface area contributed by atoms with Crippen LogP contribution in [0.3, 0.4) is 0 Å². The van der Waals surface area contributed by atoms with E-state index in [4.69, 9.17) is 10.5 Å². The van der Waals surface area contributed by atoms with Gasteiger partial charge in [0.15, 0.2) is 0 Å². The number of hydrogen-bond donors (Lipinski definition) is 2. The Morgan fingerprint density at radius 2 is 2.35 bits per heavy atom. The van der Waals surface area contributed by atoms with Gasteiger partial charge in [-0.2, -0.15) is 0 Å². The molecule has 2 saturated heterocycles. The summed E-state index contributed by atoms with van der Waals surface area (Å²) in [6, 6.07) is 0.605. The van der Waals surface area contributed by atoms with Crippen LogP contribution < -0.4 is 11.1 Å². The second kappa shape index (κ2) is 4.92. The fourth-order valence-electron chi connectivity index (χ4n) is 2.44. The van der Waals surface area contributed by atoms with Gasteiger partial charge in [-0.25, -0.2) is 0 Å². The van der Waals surface area contributed by atoms with Crippen LogP contribution in [0.15, 0.2) is 0 Å². The van der Waals surface area contributed by atoms with Crippen molar-refractivity contribution in [3.05, 3.63) is 0 Å². The van der Waals surface area contributed by atoms with Crippen LogP contribution in [-0.2, 0) is 9.53 Å². The third kappa shape index (κ3) is 3.18. The summed E-state index contributed by atoms with van der Waals surface area (Å²) in [6.45, 7) is 6.87. The lowest BCUT2D eigenvalue weighted by atomic mass is 10.1. The number of fused-ring (bicyclic) bond motifs is 1. The van der Waals surface area contributed by atoms with Crippen molar-refractivity contribution in [1.29, 1.82) is 0 Å². The van der Waals surface area contributed by atoms with Gasteiger partial charge in [0.1, 0.15) is 0 Å². The highest BCUT2D eigenvalue weighted by Crippen LogP contribution is 2.22. The molecule has 3 N–H and O–H groups in total. The molecule has 0 radical (unpaired) electrons. The minimum absolute atomic E-state index is 0.107. The van der Waals surface area contributed by atoms with Crippen LogP contribution >= 0.6 is 0 Å². The molecule has 1 amide bonds. The highest BCUT2D eigenvalue weighted by atomic mass is 16.5. The number of nitrogens with one attached hydrogen (secondary N) is 1. The first-order valence-electron chi connectivity index (χ1n) is 6.39. The molecule has 2 rings (SSSR count). The number of carbonyl (C=O) groups is 1. The predicted octanol–water partition coefficient (Wildman–Crippen LogP) is -0.297. The van der Waals surface area contributed by atoms with Crippen molar-refractivity contribution in [3.8, 4) is 0 Å². The molecule has 0 aliphatic carbocycles. The van der Waals surface area contributed by atoms with E-state index >= 15 is 0 Å². The van der Waals surface area contributed by atoms with Gasteiger partial charge in [-0.15, -0.1) is 0 Å². The fraction of sp³-hybridized carbons (Fsp3) is 0.917. The van der Waals surface area contributed by atoms with Gasteiger partial charge < -0.3 is 15.8 Å². The van der Waals surface area contributed by atoms with E-state index in [0.29, 0.717) is 12.6 Å². The van der Waals surface area contributed by atoms with Gasteiger partial charge in [-0.3, -0.25) is 9.69 Å². The summed E-state index contributed by atoms with van der Waals surface area (Å²) in [5, 5.41) is 2.86. The zero-order valence-electron chi connectivity index (χ0n) is 10.7. The number of nitrogens with zero attached hydrogens (tertiary/aromatic N) is 1. The minimum atomic E-state index is -0.815. The Morgan fingerprint density at radius 3 is 3.06 bits per heavy atom. The number of ether oxygens (including phenoxy) is 1. The number of rotatable bonds is 3. The van der Waals surface area contributed by atoms with Crippen molar-refractivity contribution in [1.82, 2.24) is 10.2 Å². The van der Waals surface area contributed by atoms with Crippen molar-refractivity contribution in [2.75, 3.05) is 26.2 Å². The van der Waals surface area contributed by atoms with E-state index in [9.17, 15) is 4.79 Å². The smallest absolute Gasteiger partial charge is 0.239 e. The molecule has 17 heavy (non-hydrogen) atoms. The molecule has 0 aromatic carbocycles. The van der Waals surface area contributed by atoms with Gasteiger partial charge in [0.2, 0.25) is 5.91 Å². The zero-order valence-corrected chi connectivity index (χ0v) is 10.7. The molecule has 2 unspecified atom stereocenters. The SMILES string of the molecule is CC(C)(N)C(=O)NCC1CN2CCCC2CO1. The molecule has 5 nitrogen and oxygen atoms in total. The Morgan fingerprint density at radius 1 is 1.59 bits per heavy atom. The number of carbonyl (C=O) groups excluding carboxylic acids is 1. The molecule has 2 fully saturated rings. The highest BCUT2D eigenvalue weighted by Gasteiger charge is 2.32. The van der Waals surface area contributed by atoms with Gasteiger partial charge in [0, 0.05) is 19.1 Å². The molecule has 2 atom stereocenters. The van der Waals surface area contributed by atoms with Crippen molar-refractivity contribution >= 4 is 5.91 Å². The van der Waals surface area contributed by atoms with Crippen LogP contribution in [0.2, 0.25) is 0 Å². The lowest BCUT2D eigenvalue weighted by molar-refractivity contribution is -0.126. The molecule has 98 valence electrons. The summed E-state index contributed by atoms with van der Waals surface area (Å²) >= 11 is 0. The van der Waals surface area contributed by atoms with Crippen molar-refractivity contribution in [2.45, 2.75) is 44.4 Å². The average Bonchev–Trinajstić information content (AvgIpc) is 2.71. The molecule has 2 aliphatic heterocycles. The molecule has 0 aromatic heterocycles. The second-order valence-electron chi connectivity index (χ2n) is 5.68. The second-order valence-corrected chi connectivity index (χ2v) is 5.68. The van der Waals surface area contributed by atoms with E-state index in [-0.39, 0.29) is 12.0 Å². The summed E-state index contributed by atoms with van der Waals surface area (Å²) in [5.74, 6) is -0.121. The largest absolute Gasteiger partial charge is 0.373 e. The number of morpholine rings is 1. The Labute approximate surface area is 103 Å². The molecule has 0 saturated carbocycles. The lowest BCUT2D eigenvalue weighted by Gasteiger charge is -2.35.